The van der Waals surface area contributed by atoms with Crippen LogP contribution in [0.2, 0.25) is 5.02 Å². The molecule has 0 fully saturated rings. The Morgan fingerprint density at radius 2 is 2.24 bits per heavy atom. The molecule has 0 aliphatic carbocycles. The Hall–Kier alpha value is -1.92. The number of nitrogens with one attached hydrogen (secondary N) is 1. The molecule has 110 valence electrons. The van der Waals surface area contributed by atoms with Crippen molar-refractivity contribution in [3.05, 3.63) is 45.9 Å². The quantitative estimate of drug-likeness (QED) is 0.480. The van der Waals surface area contributed by atoms with Crippen LogP contribution in [0, 0.1) is 0 Å². The number of benzene rings is 1. The Kier molecular flexibility index (Phi) is 5.71. The van der Waals surface area contributed by atoms with Crippen molar-refractivity contribution in [1.29, 1.82) is 0 Å². The summed E-state index contributed by atoms with van der Waals surface area (Å²) in [5.74, 6) is -0.0344. The van der Waals surface area contributed by atoms with Gasteiger partial charge in [-0.15, -0.1) is 0 Å². The summed E-state index contributed by atoms with van der Waals surface area (Å²) in [6, 6.07) is 7.30. The molecule has 0 aliphatic rings. The van der Waals surface area contributed by atoms with Crippen molar-refractivity contribution in [2.45, 2.75) is 13.0 Å². The number of halogens is 1. The molecule has 1 heterocycles. The molecule has 7 heteroatoms. The zero-order valence-electron chi connectivity index (χ0n) is 11.4. The number of anilines is 1. The molecule has 21 heavy (non-hydrogen) atoms. The summed E-state index contributed by atoms with van der Waals surface area (Å²) in [5.41, 5.74) is 0.962. The van der Waals surface area contributed by atoms with Gasteiger partial charge >= 0.3 is 0 Å². The van der Waals surface area contributed by atoms with Crippen LogP contribution in [-0.4, -0.2) is 24.0 Å². The highest BCUT2D eigenvalue weighted by Gasteiger charge is 2.08. The van der Waals surface area contributed by atoms with Gasteiger partial charge < -0.3 is 10.2 Å². The number of Topliss-reactive ketones (excluding diaryl/α,β-unsaturated/α-hetero) is 1. The average Bonchev–Trinajstić information content (AvgIpc) is 2.98. The van der Waals surface area contributed by atoms with Crippen LogP contribution in [0.5, 0.6) is 0 Å². The van der Waals surface area contributed by atoms with Crippen LogP contribution >= 0.6 is 22.9 Å². The van der Waals surface area contributed by atoms with Gasteiger partial charge in [0.25, 0.3) is 0 Å². The van der Waals surface area contributed by atoms with Gasteiger partial charge in [0.15, 0.2) is 10.9 Å². The zero-order chi connectivity index (χ0) is 15.1. The molecule has 1 aromatic heterocycles. The maximum absolute atomic E-state index is 11.8. The van der Waals surface area contributed by atoms with Gasteiger partial charge in [0.1, 0.15) is 6.61 Å². The molecule has 0 amide bonds. The van der Waals surface area contributed by atoms with E-state index in [2.05, 4.69) is 15.5 Å². The fraction of sp³-hybridized carbons (Fsp3) is 0.214. The molecule has 0 spiro atoms. The number of carbonyl (C=O) groups excluding carboxylic acids is 1. The van der Waals surface area contributed by atoms with Gasteiger partial charge in [-0.1, -0.05) is 40.2 Å². The highest BCUT2D eigenvalue weighted by atomic mass is 35.5. The van der Waals surface area contributed by atoms with E-state index in [-0.39, 0.29) is 12.2 Å². The lowest BCUT2D eigenvalue weighted by molar-refractivity contribution is 0.1000. The van der Waals surface area contributed by atoms with Gasteiger partial charge in [-0.3, -0.25) is 4.79 Å². The number of hydrogen-bond donors (Lipinski definition) is 1. The smallest absolute Gasteiger partial charge is 0.183 e. The van der Waals surface area contributed by atoms with Gasteiger partial charge in [0, 0.05) is 12.1 Å². The third-order valence-electron chi connectivity index (χ3n) is 2.56. The largest absolute Gasteiger partial charge is 0.391 e. The lowest BCUT2D eigenvalue weighted by Crippen LogP contribution is -1.97. The molecular formula is C14H14ClN3O2S. The van der Waals surface area contributed by atoms with Gasteiger partial charge in [0.05, 0.1) is 23.7 Å². The molecule has 5 nitrogen and oxygen atoms in total. The van der Waals surface area contributed by atoms with Gasteiger partial charge in [0.2, 0.25) is 0 Å². The number of thiazole rings is 1. The van der Waals surface area contributed by atoms with Gasteiger partial charge in [-0.25, -0.2) is 4.98 Å². The first kappa shape index (κ1) is 15.5. The van der Waals surface area contributed by atoms with Crippen molar-refractivity contribution in [2.24, 2.45) is 5.16 Å². The van der Waals surface area contributed by atoms with E-state index in [0.717, 1.165) is 5.56 Å². The van der Waals surface area contributed by atoms with Crippen molar-refractivity contribution < 1.29 is 9.63 Å². The van der Waals surface area contributed by atoms with E-state index in [1.54, 1.807) is 25.4 Å². The fourth-order valence-electron chi connectivity index (χ4n) is 1.48. The Morgan fingerprint density at radius 3 is 2.90 bits per heavy atom. The average molecular weight is 324 g/mol. The van der Waals surface area contributed by atoms with Crippen LogP contribution in [0.1, 0.15) is 21.7 Å². The van der Waals surface area contributed by atoms with Crippen molar-refractivity contribution >= 4 is 40.1 Å². The maximum Gasteiger partial charge on any atom is 0.183 e. The lowest BCUT2D eigenvalue weighted by atomic mass is 10.2. The van der Waals surface area contributed by atoms with Crippen LogP contribution in [0.15, 0.2) is 35.6 Å². The number of oxime groups is 1. The second-order valence-electron chi connectivity index (χ2n) is 4.09. The zero-order valence-corrected chi connectivity index (χ0v) is 12.9. The highest BCUT2D eigenvalue weighted by molar-refractivity contribution is 7.17. The van der Waals surface area contributed by atoms with Crippen LogP contribution in [0.4, 0.5) is 5.13 Å². The van der Waals surface area contributed by atoms with E-state index in [1.807, 2.05) is 12.1 Å². The van der Waals surface area contributed by atoms with E-state index >= 15 is 0 Å². The second-order valence-corrected chi connectivity index (χ2v) is 5.56. The Morgan fingerprint density at radius 1 is 1.48 bits per heavy atom. The predicted molar refractivity (Wildman–Crippen MR) is 85.3 cm³/mol. The molecule has 1 N–H and O–H groups in total. The molecule has 0 bridgehead atoms. The molecule has 0 atom stereocenters. The first-order valence-electron chi connectivity index (χ1n) is 6.24. The van der Waals surface area contributed by atoms with E-state index in [1.165, 1.54) is 17.6 Å². The minimum absolute atomic E-state index is 0.0344. The number of hydrogen-bond acceptors (Lipinski definition) is 6. The molecule has 0 radical (unpaired) electrons. The Labute approximate surface area is 131 Å². The summed E-state index contributed by atoms with van der Waals surface area (Å²) < 4.78 is 0. The second kappa shape index (κ2) is 7.75. The molecule has 0 unspecified atom stereocenters. The molecule has 2 aromatic rings. The van der Waals surface area contributed by atoms with E-state index in [9.17, 15) is 4.79 Å². The van der Waals surface area contributed by atoms with Crippen molar-refractivity contribution in [1.82, 2.24) is 4.98 Å². The standard InChI is InChI=1S/C14H14ClN3O2S/c1-16-14-17-8-13(21-14)12(19)6-7-18-20-9-10-2-4-11(15)5-3-10/h2-5,7-8H,6,9H2,1H3,(H,16,17)/b18-7+. The summed E-state index contributed by atoms with van der Waals surface area (Å²) in [7, 11) is 1.76. The van der Waals surface area contributed by atoms with Crippen LogP contribution in [0.3, 0.4) is 0 Å². The first-order valence-corrected chi connectivity index (χ1v) is 7.43. The minimum Gasteiger partial charge on any atom is -0.391 e. The predicted octanol–water partition coefficient (Wildman–Crippen LogP) is 3.61. The Bertz CT molecular complexity index is 625. The summed E-state index contributed by atoms with van der Waals surface area (Å²) in [6.45, 7) is 0.340. The van der Waals surface area contributed by atoms with Crippen LogP contribution in [0.25, 0.3) is 0 Å². The van der Waals surface area contributed by atoms with Crippen molar-refractivity contribution in [3.63, 3.8) is 0 Å². The topological polar surface area (TPSA) is 63.6 Å². The number of ketones is 1. The summed E-state index contributed by atoms with van der Waals surface area (Å²) >= 11 is 7.10. The fourth-order valence-corrected chi connectivity index (χ4v) is 2.33. The summed E-state index contributed by atoms with van der Waals surface area (Å²) in [4.78, 5) is 21.6. The number of rotatable bonds is 7. The minimum atomic E-state index is -0.0344. The third kappa shape index (κ3) is 4.84. The third-order valence-corrected chi connectivity index (χ3v) is 3.87. The molecule has 2 rings (SSSR count). The molecule has 0 saturated heterocycles. The molecular weight excluding hydrogens is 310 g/mol. The molecule has 0 aliphatic heterocycles. The maximum atomic E-state index is 11.8. The first-order chi connectivity index (χ1) is 10.2. The Balaban J connectivity index is 1.74. The highest BCUT2D eigenvalue weighted by Crippen LogP contribution is 2.18. The summed E-state index contributed by atoms with van der Waals surface area (Å²) in [5, 5.41) is 8.06. The van der Waals surface area contributed by atoms with Crippen LogP contribution < -0.4 is 5.32 Å². The molecule has 0 saturated carbocycles. The molecule has 1 aromatic carbocycles. The SMILES string of the molecule is CNc1ncc(C(=O)C/C=N/OCc2ccc(Cl)cc2)s1. The lowest BCUT2D eigenvalue weighted by Gasteiger charge is -1.99. The number of carbonyl (C=O) groups is 1. The van der Waals surface area contributed by atoms with Crippen LogP contribution in [-0.2, 0) is 11.4 Å². The number of aromatic nitrogens is 1. The normalized spacial score (nSPS) is 10.8. The number of nitrogens with zero attached hydrogens (tertiary/aromatic N) is 2. The van der Waals surface area contributed by atoms with E-state index in [0.29, 0.717) is 21.6 Å². The van der Waals surface area contributed by atoms with Crippen molar-refractivity contribution in [3.8, 4) is 0 Å². The van der Waals surface area contributed by atoms with Gasteiger partial charge in [-0.2, -0.15) is 0 Å². The monoisotopic (exact) mass is 323 g/mol. The van der Waals surface area contributed by atoms with E-state index in [4.69, 9.17) is 16.4 Å². The van der Waals surface area contributed by atoms with Crippen molar-refractivity contribution in [2.75, 3.05) is 12.4 Å². The van der Waals surface area contributed by atoms with Gasteiger partial charge in [-0.05, 0) is 17.7 Å². The van der Waals surface area contributed by atoms with E-state index < -0.39 is 0 Å². The summed E-state index contributed by atoms with van der Waals surface area (Å²) in [6.07, 6.45) is 3.20.